The Bertz CT molecular complexity index is 491. The largest absolute Gasteiger partial charge is 0.327 e. The second-order valence-electron chi connectivity index (χ2n) is 3.37. The molecular formula is C10H13Cl2N3. The summed E-state index contributed by atoms with van der Waals surface area (Å²) < 4.78 is 0. The Morgan fingerprint density at radius 1 is 1.27 bits per heavy atom. The molecule has 0 aliphatic rings. The molecule has 0 aromatic carbocycles. The van der Waals surface area contributed by atoms with E-state index < -0.39 is 0 Å². The van der Waals surface area contributed by atoms with E-state index in [0.29, 0.717) is 5.02 Å². The lowest BCUT2D eigenvalue weighted by atomic mass is 10.2. The van der Waals surface area contributed by atoms with Gasteiger partial charge in [0.1, 0.15) is 11.3 Å². The Kier molecular flexibility index (Phi) is 3.58. The smallest absolute Gasteiger partial charge is 0.157 e. The molecular weight excluding hydrogens is 233 g/mol. The van der Waals surface area contributed by atoms with Crippen molar-refractivity contribution in [1.29, 1.82) is 0 Å². The fraction of sp³-hybridized carbons (Fsp3) is 0.400. The summed E-state index contributed by atoms with van der Waals surface area (Å²) in [5.74, 6) is 0.956. The highest BCUT2D eigenvalue weighted by Gasteiger charge is 2.10. The van der Waals surface area contributed by atoms with Crippen molar-refractivity contribution in [1.82, 2.24) is 15.0 Å². The van der Waals surface area contributed by atoms with Gasteiger partial charge in [0.05, 0.1) is 10.7 Å². The van der Waals surface area contributed by atoms with E-state index in [1.54, 1.807) is 0 Å². The lowest BCUT2D eigenvalue weighted by Crippen LogP contribution is -1.88. The van der Waals surface area contributed by atoms with E-state index in [-0.39, 0.29) is 12.4 Å². The zero-order valence-corrected chi connectivity index (χ0v) is 10.5. The van der Waals surface area contributed by atoms with Crippen molar-refractivity contribution < 1.29 is 0 Å². The molecule has 1 N–H and O–H groups in total. The molecule has 0 amide bonds. The number of nitrogens with one attached hydrogen (secondary N) is 1. The van der Waals surface area contributed by atoms with Crippen LogP contribution in [0.25, 0.3) is 11.2 Å². The normalized spacial score (nSPS) is 10.4. The monoisotopic (exact) mass is 245 g/mol. The Morgan fingerprint density at radius 2 is 1.93 bits per heavy atom. The van der Waals surface area contributed by atoms with Crippen molar-refractivity contribution in [2.75, 3.05) is 0 Å². The minimum absolute atomic E-state index is 0. The molecule has 2 aromatic rings. The Balaban J connectivity index is 0.00000112. The van der Waals surface area contributed by atoms with E-state index in [1.807, 2.05) is 13.8 Å². The second-order valence-corrected chi connectivity index (χ2v) is 3.75. The molecule has 0 saturated carbocycles. The number of aryl methyl sites for hydroxylation is 3. The summed E-state index contributed by atoms with van der Waals surface area (Å²) in [5.41, 5.74) is 3.58. The zero-order chi connectivity index (χ0) is 10.3. The third kappa shape index (κ3) is 1.94. The summed E-state index contributed by atoms with van der Waals surface area (Å²) in [5, 5.41) is 0.714. The van der Waals surface area contributed by atoms with Gasteiger partial charge in [-0.3, -0.25) is 0 Å². The number of hydrogen-bond donors (Lipinski definition) is 1. The number of H-pyrrole nitrogens is 1. The van der Waals surface area contributed by atoms with Gasteiger partial charge >= 0.3 is 0 Å². The highest BCUT2D eigenvalue weighted by Crippen LogP contribution is 2.24. The summed E-state index contributed by atoms with van der Waals surface area (Å²) in [4.78, 5) is 12.0. The molecule has 0 aliphatic carbocycles. The molecule has 0 unspecified atom stereocenters. The third-order valence-corrected chi connectivity index (χ3v) is 2.91. The van der Waals surface area contributed by atoms with Gasteiger partial charge in [0.25, 0.3) is 0 Å². The number of imidazole rings is 1. The van der Waals surface area contributed by atoms with Crippen LogP contribution in [0.5, 0.6) is 0 Å². The van der Waals surface area contributed by atoms with Crippen molar-refractivity contribution in [2.24, 2.45) is 0 Å². The quantitative estimate of drug-likeness (QED) is 0.839. The number of aromatic amines is 1. The molecule has 2 aromatic heterocycles. The molecule has 0 aliphatic heterocycles. The molecule has 0 spiro atoms. The SMILES string of the molecule is CCc1nc2c(C)c(Cl)c(C)nc2[nH]1.Cl. The van der Waals surface area contributed by atoms with Crippen molar-refractivity contribution >= 4 is 35.2 Å². The number of halogens is 2. The number of rotatable bonds is 1. The Labute approximate surface area is 99.7 Å². The highest BCUT2D eigenvalue weighted by atomic mass is 35.5. The van der Waals surface area contributed by atoms with Crippen LogP contribution in [-0.4, -0.2) is 15.0 Å². The fourth-order valence-corrected chi connectivity index (χ4v) is 1.65. The highest BCUT2D eigenvalue weighted by molar-refractivity contribution is 6.32. The van der Waals surface area contributed by atoms with Gasteiger partial charge in [0, 0.05) is 6.42 Å². The minimum Gasteiger partial charge on any atom is -0.327 e. The van der Waals surface area contributed by atoms with E-state index >= 15 is 0 Å². The predicted molar refractivity (Wildman–Crippen MR) is 65.0 cm³/mol. The van der Waals surface area contributed by atoms with Gasteiger partial charge in [-0.25, -0.2) is 9.97 Å². The van der Waals surface area contributed by atoms with E-state index in [9.17, 15) is 0 Å². The van der Waals surface area contributed by atoms with Crippen LogP contribution in [-0.2, 0) is 6.42 Å². The standard InChI is InChI=1S/C10H12ClN3.ClH/c1-4-7-13-9-5(2)8(11)6(3)12-10(9)14-7;/h4H2,1-3H3,(H,12,13,14);1H. The first-order valence-corrected chi connectivity index (χ1v) is 5.02. The summed E-state index contributed by atoms with van der Waals surface area (Å²) in [6.45, 7) is 5.93. The second kappa shape index (κ2) is 4.37. The summed E-state index contributed by atoms with van der Waals surface area (Å²) in [6, 6.07) is 0. The summed E-state index contributed by atoms with van der Waals surface area (Å²) in [6.07, 6.45) is 0.881. The van der Waals surface area contributed by atoms with Crippen LogP contribution >= 0.6 is 24.0 Å². The number of pyridine rings is 1. The van der Waals surface area contributed by atoms with Gasteiger partial charge in [-0.2, -0.15) is 0 Å². The number of fused-ring (bicyclic) bond motifs is 1. The van der Waals surface area contributed by atoms with Crippen LogP contribution < -0.4 is 0 Å². The summed E-state index contributed by atoms with van der Waals surface area (Å²) >= 11 is 6.09. The molecule has 0 atom stereocenters. The average Bonchev–Trinajstić information content (AvgIpc) is 2.57. The maximum atomic E-state index is 6.09. The first kappa shape index (κ1) is 12.3. The van der Waals surface area contributed by atoms with Crippen LogP contribution in [0.2, 0.25) is 5.02 Å². The Hall–Kier alpha value is -0.800. The number of aromatic nitrogens is 3. The van der Waals surface area contributed by atoms with Gasteiger partial charge in [0.15, 0.2) is 5.65 Å². The lowest BCUT2D eigenvalue weighted by Gasteiger charge is -2.00. The maximum absolute atomic E-state index is 6.09. The van der Waals surface area contributed by atoms with Gasteiger partial charge in [-0.1, -0.05) is 18.5 Å². The third-order valence-electron chi connectivity index (χ3n) is 2.35. The molecule has 3 nitrogen and oxygen atoms in total. The topological polar surface area (TPSA) is 41.6 Å². The first-order valence-electron chi connectivity index (χ1n) is 4.64. The average molecular weight is 246 g/mol. The molecule has 0 fully saturated rings. The molecule has 5 heteroatoms. The molecule has 2 heterocycles. The van der Waals surface area contributed by atoms with E-state index in [0.717, 1.165) is 34.7 Å². The molecule has 0 bridgehead atoms. The zero-order valence-electron chi connectivity index (χ0n) is 8.89. The van der Waals surface area contributed by atoms with Gasteiger partial charge in [-0.15, -0.1) is 12.4 Å². The van der Waals surface area contributed by atoms with E-state index in [1.165, 1.54) is 0 Å². The van der Waals surface area contributed by atoms with Crippen molar-refractivity contribution in [3.63, 3.8) is 0 Å². The van der Waals surface area contributed by atoms with Crippen LogP contribution in [0.3, 0.4) is 0 Å². The van der Waals surface area contributed by atoms with Gasteiger partial charge in [-0.05, 0) is 19.4 Å². The maximum Gasteiger partial charge on any atom is 0.157 e. The number of nitrogens with zero attached hydrogens (tertiary/aromatic N) is 2. The first-order chi connectivity index (χ1) is 6.63. The molecule has 15 heavy (non-hydrogen) atoms. The van der Waals surface area contributed by atoms with Crippen molar-refractivity contribution in [2.45, 2.75) is 27.2 Å². The van der Waals surface area contributed by atoms with Crippen molar-refractivity contribution in [3.05, 3.63) is 22.1 Å². The van der Waals surface area contributed by atoms with Gasteiger partial charge < -0.3 is 4.98 Å². The predicted octanol–water partition coefficient (Wildman–Crippen LogP) is 3.21. The van der Waals surface area contributed by atoms with Crippen LogP contribution in [0, 0.1) is 13.8 Å². The minimum atomic E-state index is 0. The fourth-order valence-electron chi connectivity index (χ4n) is 1.51. The molecule has 0 saturated heterocycles. The van der Waals surface area contributed by atoms with Crippen LogP contribution in [0.4, 0.5) is 0 Å². The van der Waals surface area contributed by atoms with Crippen molar-refractivity contribution in [3.8, 4) is 0 Å². The lowest BCUT2D eigenvalue weighted by molar-refractivity contribution is 0.996. The number of hydrogen-bond acceptors (Lipinski definition) is 2. The Morgan fingerprint density at radius 3 is 2.53 bits per heavy atom. The molecule has 0 radical (unpaired) electrons. The summed E-state index contributed by atoms with van der Waals surface area (Å²) in [7, 11) is 0. The molecule has 2 rings (SSSR count). The van der Waals surface area contributed by atoms with E-state index in [4.69, 9.17) is 11.6 Å². The molecule has 82 valence electrons. The van der Waals surface area contributed by atoms with E-state index in [2.05, 4.69) is 21.9 Å². The van der Waals surface area contributed by atoms with Crippen LogP contribution in [0.1, 0.15) is 24.0 Å². The van der Waals surface area contributed by atoms with Crippen LogP contribution in [0.15, 0.2) is 0 Å². The van der Waals surface area contributed by atoms with Gasteiger partial charge in [0.2, 0.25) is 0 Å².